The Balaban J connectivity index is 1.89. The van der Waals surface area contributed by atoms with E-state index in [2.05, 4.69) is 30.6 Å². The van der Waals surface area contributed by atoms with Crippen molar-refractivity contribution in [1.82, 2.24) is 10.1 Å². The number of methoxy groups -OCH3 is 1. The Morgan fingerprint density at radius 1 is 1.18 bits per heavy atom. The van der Waals surface area contributed by atoms with E-state index in [1.165, 1.54) is 0 Å². The van der Waals surface area contributed by atoms with Gasteiger partial charge in [-0.1, -0.05) is 49.5 Å². The maximum absolute atomic E-state index is 5.77. The van der Waals surface area contributed by atoms with Crippen molar-refractivity contribution in [2.24, 2.45) is 5.92 Å². The molecule has 3 aromatic rings. The summed E-state index contributed by atoms with van der Waals surface area (Å²) in [6.45, 7) is 8.20. The van der Waals surface area contributed by atoms with E-state index >= 15 is 0 Å². The molecule has 0 aliphatic heterocycles. The van der Waals surface area contributed by atoms with Crippen molar-refractivity contribution in [3.63, 3.8) is 0 Å². The molecule has 0 aliphatic carbocycles. The molecule has 0 unspecified atom stereocenters. The van der Waals surface area contributed by atoms with Crippen molar-refractivity contribution in [3.05, 3.63) is 72.8 Å². The van der Waals surface area contributed by atoms with E-state index in [9.17, 15) is 0 Å². The molecule has 6 heteroatoms. The molecular weight excluding hydrogens is 370 g/mol. The average molecular weight is 394 g/mol. The molecule has 0 spiro atoms. The lowest BCUT2D eigenvalue weighted by molar-refractivity contribution is 0.306. The van der Waals surface area contributed by atoms with E-state index in [4.69, 9.17) is 15.0 Å². The maximum Gasteiger partial charge on any atom is 0.259 e. The van der Waals surface area contributed by atoms with Gasteiger partial charge in [0.2, 0.25) is 5.82 Å². The fourth-order valence-electron chi connectivity index (χ4n) is 2.56. The number of anilines is 1. The van der Waals surface area contributed by atoms with Gasteiger partial charge in [-0.2, -0.15) is 4.98 Å². The van der Waals surface area contributed by atoms with Crippen molar-refractivity contribution in [2.45, 2.75) is 23.6 Å². The van der Waals surface area contributed by atoms with Gasteiger partial charge >= 0.3 is 0 Å². The fourth-order valence-corrected chi connectivity index (χ4v) is 3.49. The Hall–Kier alpha value is -2.99. The number of benzene rings is 2. The quantitative estimate of drug-likeness (QED) is 0.317. The van der Waals surface area contributed by atoms with Crippen LogP contribution in [0.5, 0.6) is 0 Å². The van der Waals surface area contributed by atoms with E-state index in [1.807, 2.05) is 54.6 Å². The van der Waals surface area contributed by atoms with Gasteiger partial charge in [0.15, 0.2) is 0 Å². The van der Waals surface area contributed by atoms with Crippen LogP contribution in [0, 0.1) is 5.92 Å². The lowest BCUT2D eigenvalue weighted by Gasteiger charge is -2.07. The van der Waals surface area contributed by atoms with Gasteiger partial charge in [-0.25, -0.2) is 0 Å². The lowest BCUT2D eigenvalue weighted by atomic mass is 10.1. The lowest BCUT2D eigenvalue weighted by Crippen LogP contribution is -1.96. The minimum Gasteiger partial charge on any atom is -0.496 e. The molecule has 1 heterocycles. The second-order valence-corrected chi connectivity index (χ2v) is 7.66. The Morgan fingerprint density at radius 3 is 2.57 bits per heavy atom. The number of nitrogen functional groups attached to an aromatic ring is 1. The standard InChI is InChI=1S/C22H23N3O2S/c1-14(2)13-19(26-4)15(3)21-24-22(27-25-21)18-7-5-6-8-20(18)28-17-11-9-16(23)10-12-17/h5-14H,3,23H2,1-2,4H3/b19-13+. The van der Waals surface area contributed by atoms with Gasteiger partial charge in [-0.05, 0) is 48.4 Å². The highest BCUT2D eigenvalue weighted by Crippen LogP contribution is 2.36. The van der Waals surface area contributed by atoms with Gasteiger partial charge in [0.1, 0.15) is 5.76 Å². The highest BCUT2D eigenvalue weighted by atomic mass is 32.2. The summed E-state index contributed by atoms with van der Waals surface area (Å²) in [5.41, 5.74) is 7.97. The van der Waals surface area contributed by atoms with Crippen LogP contribution in [0.3, 0.4) is 0 Å². The second kappa shape index (κ2) is 8.80. The third-order valence-electron chi connectivity index (χ3n) is 3.92. The number of aromatic nitrogens is 2. The molecule has 1 aromatic heterocycles. The molecule has 0 fully saturated rings. The number of allylic oxidation sites excluding steroid dienone is 2. The zero-order chi connectivity index (χ0) is 20.1. The van der Waals surface area contributed by atoms with Crippen molar-refractivity contribution >= 4 is 23.0 Å². The molecule has 2 N–H and O–H groups in total. The van der Waals surface area contributed by atoms with Crippen LogP contribution in [-0.4, -0.2) is 17.3 Å². The fraction of sp³-hybridized carbons (Fsp3) is 0.182. The molecule has 0 bridgehead atoms. The van der Waals surface area contributed by atoms with Gasteiger partial charge < -0.3 is 15.0 Å². The molecule has 0 aliphatic rings. The van der Waals surface area contributed by atoms with Crippen LogP contribution < -0.4 is 5.73 Å². The predicted molar refractivity (Wildman–Crippen MR) is 114 cm³/mol. The summed E-state index contributed by atoms with van der Waals surface area (Å²) in [6.07, 6.45) is 1.98. The third kappa shape index (κ3) is 4.64. The number of hydrogen-bond acceptors (Lipinski definition) is 6. The van der Waals surface area contributed by atoms with Crippen LogP contribution in [-0.2, 0) is 4.74 Å². The minimum absolute atomic E-state index is 0.315. The summed E-state index contributed by atoms with van der Waals surface area (Å²) in [7, 11) is 1.61. The van der Waals surface area contributed by atoms with Gasteiger partial charge in [0, 0.05) is 15.5 Å². The van der Waals surface area contributed by atoms with E-state index in [-0.39, 0.29) is 0 Å². The van der Waals surface area contributed by atoms with Crippen molar-refractivity contribution in [1.29, 1.82) is 0 Å². The summed E-state index contributed by atoms with van der Waals surface area (Å²) in [5, 5.41) is 4.10. The Bertz CT molecular complexity index is 991. The zero-order valence-corrected chi connectivity index (χ0v) is 17.0. The molecule has 3 rings (SSSR count). The van der Waals surface area contributed by atoms with E-state index < -0.39 is 0 Å². The molecule has 2 aromatic carbocycles. The van der Waals surface area contributed by atoms with Crippen molar-refractivity contribution < 1.29 is 9.26 Å². The number of hydrogen-bond donors (Lipinski definition) is 1. The summed E-state index contributed by atoms with van der Waals surface area (Å²) >= 11 is 1.61. The normalized spacial score (nSPS) is 11.6. The summed E-state index contributed by atoms with van der Waals surface area (Å²) in [5.74, 6) is 1.81. The molecule has 0 atom stereocenters. The first-order chi connectivity index (χ1) is 13.5. The van der Waals surface area contributed by atoms with Crippen LogP contribution >= 0.6 is 11.8 Å². The Kier molecular flexibility index (Phi) is 6.21. The summed E-state index contributed by atoms with van der Waals surface area (Å²) < 4.78 is 11.0. The second-order valence-electron chi connectivity index (χ2n) is 6.55. The number of rotatable bonds is 7. The first kappa shape index (κ1) is 19.8. The molecule has 0 amide bonds. The van der Waals surface area contributed by atoms with Crippen LogP contribution in [0.4, 0.5) is 5.69 Å². The molecule has 28 heavy (non-hydrogen) atoms. The highest BCUT2D eigenvalue weighted by molar-refractivity contribution is 7.99. The smallest absolute Gasteiger partial charge is 0.259 e. The van der Waals surface area contributed by atoms with Crippen LogP contribution in [0.25, 0.3) is 17.0 Å². The maximum atomic E-state index is 5.77. The van der Waals surface area contributed by atoms with E-state index in [1.54, 1.807) is 18.9 Å². The SMILES string of the molecule is C=C(/C(=C\C(C)C)OC)c1noc(-c2ccccc2Sc2ccc(N)cc2)n1. The molecule has 0 radical (unpaired) electrons. The van der Waals surface area contributed by atoms with Gasteiger partial charge in [-0.15, -0.1) is 0 Å². The monoisotopic (exact) mass is 393 g/mol. The third-order valence-corrected chi connectivity index (χ3v) is 5.01. The van der Waals surface area contributed by atoms with Crippen LogP contribution in [0.1, 0.15) is 19.7 Å². The minimum atomic E-state index is 0.315. The average Bonchev–Trinajstić information content (AvgIpc) is 3.17. The molecule has 0 saturated heterocycles. The molecule has 144 valence electrons. The first-order valence-electron chi connectivity index (χ1n) is 8.90. The van der Waals surface area contributed by atoms with Gasteiger partial charge in [0.25, 0.3) is 5.89 Å². The molecule has 5 nitrogen and oxygen atoms in total. The molecular formula is C22H23N3O2S. The van der Waals surface area contributed by atoms with Crippen LogP contribution in [0.15, 0.2) is 81.3 Å². The summed E-state index contributed by atoms with van der Waals surface area (Å²) in [4.78, 5) is 6.63. The van der Waals surface area contributed by atoms with Crippen molar-refractivity contribution in [3.8, 4) is 11.5 Å². The van der Waals surface area contributed by atoms with Crippen LogP contribution in [0.2, 0.25) is 0 Å². The Labute approximate surface area is 169 Å². The first-order valence-corrected chi connectivity index (χ1v) is 9.71. The predicted octanol–water partition coefficient (Wildman–Crippen LogP) is 5.67. The van der Waals surface area contributed by atoms with Crippen molar-refractivity contribution in [2.75, 3.05) is 12.8 Å². The Morgan fingerprint density at radius 2 is 1.89 bits per heavy atom. The topological polar surface area (TPSA) is 74.2 Å². The summed E-state index contributed by atoms with van der Waals surface area (Å²) in [6, 6.07) is 15.6. The number of ether oxygens (including phenoxy) is 1. The number of nitrogens with two attached hydrogens (primary N) is 1. The van der Waals surface area contributed by atoms with E-state index in [0.29, 0.717) is 29.0 Å². The zero-order valence-electron chi connectivity index (χ0n) is 16.2. The van der Waals surface area contributed by atoms with E-state index in [0.717, 1.165) is 21.0 Å². The highest BCUT2D eigenvalue weighted by Gasteiger charge is 2.17. The number of nitrogens with zero attached hydrogens (tertiary/aromatic N) is 2. The van der Waals surface area contributed by atoms with Gasteiger partial charge in [0.05, 0.1) is 18.2 Å². The largest absolute Gasteiger partial charge is 0.496 e. The molecule has 0 saturated carbocycles. The van der Waals surface area contributed by atoms with Gasteiger partial charge in [-0.3, -0.25) is 0 Å².